The lowest BCUT2D eigenvalue weighted by atomic mass is 10.00. The van der Waals surface area contributed by atoms with E-state index in [0.717, 1.165) is 17.5 Å². The van der Waals surface area contributed by atoms with E-state index in [2.05, 4.69) is 6.07 Å². The second kappa shape index (κ2) is 7.99. The van der Waals surface area contributed by atoms with Gasteiger partial charge in [-0.15, -0.1) is 0 Å². The minimum absolute atomic E-state index is 0.178. The Bertz CT molecular complexity index is 799. The van der Waals surface area contributed by atoms with E-state index >= 15 is 0 Å². The van der Waals surface area contributed by atoms with Gasteiger partial charge >= 0.3 is 5.97 Å². The number of amides is 1. The zero-order valence-corrected chi connectivity index (χ0v) is 14.4. The van der Waals surface area contributed by atoms with Crippen LogP contribution in [-0.4, -0.2) is 29.9 Å². The van der Waals surface area contributed by atoms with Crippen LogP contribution in [0.1, 0.15) is 16.7 Å². The van der Waals surface area contributed by atoms with Crippen molar-refractivity contribution >= 4 is 29.6 Å². The molecular weight excluding hydrogens is 338 g/mol. The number of carbonyl (C=O) groups excluding carboxylic acids is 2. The summed E-state index contributed by atoms with van der Waals surface area (Å²) in [7, 11) is 0. The van der Waals surface area contributed by atoms with Gasteiger partial charge in [-0.3, -0.25) is 4.79 Å². The SMILES string of the molecule is O=C(/C=C/c1ccc(Cl)cc1)OCC(=O)N1CCc2ccccc2C1. The first-order chi connectivity index (χ1) is 12.1. The van der Waals surface area contributed by atoms with Crippen LogP contribution in [-0.2, 0) is 27.3 Å². The molecule has 2 aromatic carbocycles. The first-order valence-electron chi connectivity index (χ1n) is 8.07. The molecule has 3 rings (SSSR count). The quantitative estimate of drug-likeness (QED) is 0.623. The fourth-order valence-electron chi connectivity index (χ4n) is 2.72. The van der Waals surface area contributed by atoms with E-state index in [0.29, 0.717) is 18.1 Å². The molecule has 0 aromatic heterocycles. The number of esters is 1. The number of fused-ring (bicyclic) bond motifs is 1. The van der Waals surface area contributed by atoms with Crippen molar-refractivity contribution in [1.82, 2.24) is 4.90 Å². The number of hydrogen-bond donors (Lipinski definition) is 0. The molecule has 128 valence electrons. The number of rotatable bonds is 4. The molecule has 0 bridgehead atoms. The van der Waals surface area contributed by atoms with Crippen LogP contribution in [0.15, 0.2) is 54.6 Å². The third-order valence-electron chi connectivity index (χ3n) is 4.10. The molecule has 0 atom stereocenters. The monoisotopic (exact) mass is 355 g/mol. The second-order valence-electron chi connectivity index (χ2n) is 5.83. The number of nitrogens with zero attached hydrogens (tertiary/aromatic N) is 1. The Balaban J connectivity index is 1.49. The van der Waals surface area contributed by atoms with Crippen molar-refractivity contribution < 1.29 is 14.3 Å². The van der Waals surface area contributed by atoms with Crippen molar-refractivity contribution in [3.05, 3.63) is 76.3 Å². The molecule has 0 spiro atoms. The van der Waals surface area contributed by atoms with E-state index in [4.69, 9.17) is 16.3 Å². The van der Waals surface area contributed by atoms with Crippen molar-refractivity contribution in [2.75, 3.05) is 13.2 Å². The molecule has 0 N–H and O–H groups in total. The molecule has 1 aliphatic heterocycles. The minimum Gasteiger partial charge on any atom is -0.452 e. The van der Waals surface area contributed by atoms with Gasteiger partial charge in [0.25, 0.3) is 5.91 Å². The average Bonchev–Trinajstić information content (AvgIpc) is 2.65. The maximum atomic E-state index is 12.2. The van der Waals surface area contributed by atoms with Gasteiger partial charge in [-0.05, 0) is 41.3 Å². The van der Waals surface area contributed by atoms with Crippen molar-refractivity contribution in [2.45, 2.75) is 13.0 Å². The van der Waals surface area contributed by atoms with Gasteiger partial charge in [0.05, 0.1) is 0 Å². The van der Waals surface area contributed by atoms with Crippen LogP contribution >= 0.6 is 11.6 Å². The van der Waals surface area contributed by atoms with Crippen LogP contribution in [0.4, 0.5) is 0 Å². The molecule has 25 heavy (non-hydrogen) atoms. The van der Waals surface area contributed by atoms with Crippen molar-refractivity contribution in [1.29, 1.82) is 0 Å². The Labute approximate surface area is 151 Å². The van der Waals surface area contributed by atoms with Gasteiger partial charge < -0.3 is 9.64 Å². The van der Waals surface area contributed by atoms with Crippen LogP contribution in [0.25, 0.3) is 6.08 Å². The first-order valence-corrected chi connectivity index (χ1v) is 8.44. The molecule has 0 unspecified atom stereocenters. The highest BCUT2D eigenvalue weighted by Gasteiger charge is 2.20. The summed E-state index contributed by atoms with van der Waals surface area (Å²) in [5, 5.41) is 0.633. The van der Waals surface area contributed by atoms with Crippen LogP contribution in [0.2, 0.25) is 5.02 Å². The molecule has 0 aliphatic carbocycles. The molecule has 1 amide bonds. The Hall–Kier alpha value is -2.59. The Kier molecular flexibility index (Phi) is 5.51. The average molecular weight is 356 g/mol. The molecule has 0 saturated heterocycles. The van der Waals surface area contributed by atoms with E-state index < -0.39 is 5.97 Å². The van der Waals surface area contributed by atoms with E-state index in [1.54, 1.807) is 35.2 Å². The zero-order chi connectivity index (χ0) is 17.6. The predicted octanol–water partition coefficient (Wildman–Crippen LogP) is 3.48. The number of carbonyl (C=O) groups is 2. The lowest BCUT2D eigenvalue weighted by molar-refractivity contribution is -0.148. The van der Waals surface area contributed by atoms with E-state index in [1.807, 2.05) is 18.2 Å². The van der Waals surface area contributed by atoms with Gasteiger partial charge in [0.15, 0.2) is 6.61 Å². The highest BCUT2D eigenvalue weighted by molar-refractivity contribution is 6.30. The summed E-state index contributed by atoms with van der Waals surface area (Å²) >= 11 is 5.81. The summed E-state index contributed by atoms with van der Waals surface area (Å²) in [5.74, 6) is -0.719. The largest absolute Gasteiger partial charge is 0.452 e. The van der Waals surface area contributed by atoms with Gasteiger partial charge in [0.1, 0.15) is 0 Å². The first kappa shape index (κ1) is 17.2. The van der Waals surface area contributed by atoms with Gasteiger partial charge in [-0.2, -0.15) is 0 Å². The van der Waals surface area contributed by atoms with E-state index in [-0.39, 0.29) is 12.5 Å². The molecule has 2 aromatic rings. The van der Waals surface area contributed by atoms with Crippen LogP contribution in [0.5, 0.6) is 0 Å². The molecule has 0 fully saturated rings. The molecule has 4 nitrogen and oxygen atoms in total. The second-order valence-corrected chi connectivity index (χ2v) is 6.26. The summed E-state index contributed by atoms with van der Waals surface area (Å²) in [6.45, 7) is 0.965. The minimum atomic E-state index is -0.541. The number of halogens is 1. The maximum Gasteiger partial charge on any atom is 0.331 e. The fourth-order valence-corrected chi connectivity index (χ4v) is 2.85. The summed E-state index contributed by atoms with van der Waals surface area (Å²) in [4.78, 5) is 25.7. The zero-order valence-electron chi connectivity index (χ0n) is 13.7. The van der Waals surface area contributed by atoms with Gasteiger partial charge in [-0.25, -0.2) is 4.79 Å². The van der Waals surface area contributed by atoms with E-state index in [1.165, 1.54) is 11.6 Å². The third-order valence-corrected chi connectivity index (χ3v) is 4.36. The van der Waals surface area contributed by atoms with Crippen LogP contribution < -0.4 is 0 Å². The Morgan fingerprint density at radius 1 is 1.08 bits per heavy atom. The highest BCUT2D eigenvalue weighted by atomic mass is 35.5. The topological polar surface area (TPSA) is 46.6 Å². The molecular formula is C20H18ClNO3. The van der Waals surface area contributed by atoms with Crippen molar-refractivity contribution in [3.63, 3.8) is 0 Å². The highest BCUT2D eigenvalue weighted by Crippen LogP contribution is 2.18. The predicted molar refractivity (Wildman–Crippen MR) is 97.0 cm³/mol. The van der Waals surface area contributed by atoms with Gasteiger partial charge in [0, 0.05) is 24.2 Å². The fraction of sp³-hybridized carbons (Fsp3) is 0.200. The lowest BCUT2D eigenvalue weighted by Gasteiger charge is -2.28. The van der Waals surface area contributed by atoms with Crippen LogP contribution in [0, 0.1) is 0 Å². The van der Waals surface area contributed by atoms with E-state index in [9.17, 15) is 9.59 Å². The molecule has 1 heterocycles. The number of ether oxygens (including phenoxy) is 1. The Morgan fingerprint density at radius 3 is 2.56 bits per heavy atom. The van der Waals surface area contributed by atoms with Gasteiger partial charge in [-0.1, -0.05) is 48.0 Å². The summed E-state index contributed by atoms with van der Waals surface area (Å²) < 4.78 is 5.05. The van der Waals surface area contributed by atoms with Crippen molar-refractivity contribution in [3.8, 4) is 0 Å². The normalized spacial score (nSPS) is 13.6. The standard InChI is InChI=1S/C20H18ClNO3/c21-18-8-5-15(6-9-18)7-10-20(24)25-14-19(23)22-12-11-16-3-1-2-4-17(16)13-22/h1-10H,11-14H2/b10-7+. The smallest absolute Gasteiger partial charge is 0.331 e. The molecule has 1 aliphatic rings. The maximum absolute atomic E-state index is 12.2. The van der Waals surface area contributed by atoms with Gasteiger partial charge in [0.2, 0.25) is 0 Å². The number of benzene rings is 2. The molecule has 0 saturated carbocycles. The Morgan fingerprint density at radius 2 is 1.80 bits per heavy atom. The molecule has 0 radical (unpaired) electrons. The molecule has 5 heteroatoms. The third kappa shape index (κ3) is 4.70. The lowest BCUT2D eigenvalue weighted by Crippen LogP contribution is -2.38. The summed E-state index contributed by atoms with van der Waals surface area (Å²) in [6.07, 6.45) is 3.76. The van der Waals surface area contributed by atoms with Crippen molar-refractivity contribution in [2.24, 2.45) is 0 Å². The number of hydrogen-bond acceptors (Lipinski definition) is 3. The summed E-state index contributed by atoms with van der Waals surface area (Å²) in [5.41, 5.74) is 3.26. The summed E-state index contributed by atoms with van der Waals surface area (Å²) in [6, 6.07) is 15.1. The van der Waals surface area contributed by atoms with Crippen LogP contribution in [0.3, 0.4) is 0 Å².